The fourth-order valence-electron chi connectivity index (χ4n) is 3.42. The van der Waals surface area contributed by atoms with Gasteiger partial charge in [-0.1, -0.05) is 58.4 Å². The van der Waals surface area contributed by atoms with Crippen molar-refractivity contribution in [2.24, 2.45) is 0 Å². The predicted molar refractivity (Wildman–Crippen MR) is 123 cm³/mol. The number of nitrogens with one attached hydrogen (secondary N) is 1. The van der Waals surface area contributed by atoms with Crippen LogP contribution in [0.4, 0.5) is 0 Å². The lowest BCUT2D eigenvalue weighted by Crippen LogP contribution is -2.32. The number of ether oxygens (including phenoxy) is 2. The number of esters is 1. The fourth-order valence-corrected chi connectivity index (χ4v) is 3.96. The molecule has 4 aromatic rings. The summed E-state index contributed by atoms with van der Waals surface area (Å²) in [6, 6.07) is 15.3. The zero-order chi connectivity index (χ0) is 22.7. The molecule has 9 heteroatoms. The number of benzene rings is 2. The minimum Gasteiger partial charge on any atom is -0.486 e. The highest BCUT2D eigenvalue weighted by atomic mass is 79.9. The lowest BCUT2D eigenvalue weighted by molar-refractivity contribution is -0.141. The van der Waals surface area contributed by atoms with Crippen molar-refractivity contribution in [2.45, 2.75) is 20.5 Å². The first-order chi connectivity index (χ1) is 15.5. The van der Waals surface area contributed by atoms with E-state index in [2.05, 4.69) is 31.3 Å². The van der Waals surface area contributed by atoms with Crippen LogP contribution in [0.1, 0.15) is 28.8 Å². The summed E-state index contributed by atoms with van der Waals surface area (Å²) in [7, 11) is 0. The van der Waals surface area contributed by atoms with Gasteiger partial charge in [-0.15, -0.1) is 0 Å². The molecule has 1 N–H and O–H groups in total. The monoisotopic (exact) mass is 496 g/mol. The second-order valence-electron chi connectivity index (χ2n) is 7.00. The smallest absolute Gasteiger partial charge is 0.325 e. The molecule has 32 heavy (non-hydrogen) atoms. The Bertz CT molecular complexity index is 1300. The number of carbonyl (C=O) groups excluding carboxylic acids is 2. The molecule has 1 amide bonds. The first kappa shape index (κ1) is 21.8. The average molecular weight is 497 g/mol. The maximum atomic E-state index is 13.2. The normalized spacial score (nSPS) is 11.0. The molecule has 0 radical (unpaired) electrons. The average Bonchev–Trinajstić information content (AvgIpc) is 3.17. The molecule has 2 aromatic carbocycles. The highest BCUT2D eigenvalue weighted by Gasteiger charge is 2.25. The lowest BCUT2D eigenvalue weighted by atomic mass is 10.1. The van der Waals surface area contributed by atoms with Crippen LogP contribution in [0, 0.1) is 6.92 Å². The van der Waals surface area contributed by atoms with Crippen LogP contribution in [-0.2, 0) is 16.1 Å². The second kappa shape index (κ2) is 9.35. The quantitative estimate of drug-likeness (QED) is 0.390. The van der Waals surface area contributed by atoms with E-state index in [9.17, 15) is 9.59 Å². The van der Waals surface area contributed by atoms with Crippen molar-refractivity contribution in [3.8, 4) is 5.75 Å². The Morgan fingerprint density at radius 3 is 2.66 bits per heavy atom. The number of hydrogen-bond donors (Lipinski definition) is 1. The van der Waals surface area contributed by atoms with Gasteiger partial charge in [-0.3, -0.25) is 9.59 Å². The number of nitrogens with zero attached hydrogens (tertiary/aromatic N) is 3. The molecule has 0 atom stereocenters. The molecular weight excluding hydrogens is 476 g/mol. The summed E-state index contributed by atoms with van der Waals surface area (Å²) in [6.45, 7) is 3.67. The number of pyridine rings is 1. The van der Waals surface area contributed by atoms with Gasteiger partial charge in [0.05, 0.1) is 6.61 Å². The molecule has 2 heterocycles. The van der Waals surface area contributed by atoms with Crippen LogP contribution in [0.3, 0.4) is 0 Å². The van der Waals surface area contributed by atoms with E-state index in [4.69, 9.17) is 9.47 Å². The molecule has 0 bridgehead atoms. The third-order valence-electron chi connectivity index (χ3n) is 4.76. The highest BCUT2D eigenvalue weighted by molar-refractivity contribution is 9.10. The van der Waals surface area contributed by atoms with Gasteiger partial charge < -0.3 is 14.8 Å². The number of hydrogen-bond acceptors (Lipinski definition) is 6. The Morgan fingerprint density at radius 1 is 1.12 bits per heavy atom. The first-order valence-electron chi connectivity index (χ1n) is 10.1. The van der Waals surface area contributed by atoms with Crippen molar-refractivity contribution < 1.29 is 19.1 Å². The molecule has 0 aliphatic rings. The van der Waals surface area contributed by atoms with Gasteiger partial charge in [0, 0.05) is 15.2 Å². The minimum atomic E-state index is -0.526. The van der Waals surface area contributed by atoms with Crippen LogP contribution in [0.5, 0.6) is 5.75 Å². The number of aromatic nitrogens is 3. The maximum Gasteiger partial charge on any atom is 0.325 e. The van der Waals surface area contributed by atoms with E-state index < -0.39 is 11.9 Å². The number of halogens is 1. The topological polar surface area (TPSA) is 94.8 Å². The van der Waals surface area contributed by atoms with E-state index in [1.807, 2.05) is 48.5 Å². The van der Waals surface area contributed by atoms with Crippen molar-refractivity contribution in [1.82, 2.24) is 19.9 Å². The van der Waals surface area contributed by atoms with Crippen LogP contribution in [-0.4, -0.2) is 39.6 Å². The van der Waals surface area contributed by atoms with Gasteiger partial charge in [0.2, 0.25) is 0 Å². The SMILES string of the molecule is CCOC(=O)CNC(=O)c1c(OCc2ccccc2)c2cccc(Br)c2c2nc(C)nn12. The number of fused-ring (bicyclic) bond motifs is 3. The van der Waals surface area contributed by atoms with Crippen LogP contribution < -0.4 is 10.1 Å². The van der Waals surface area contributed by atoms with E-state index >= 15 is 0 Å². The standard InChI is InChI=1S/C23H21BrN4O4/c1-3-31-18(29)12-25-23(30)20-21(32-13-15-8-5-4-6-9-15)16-10-7-11-17(24)19(16)22-26-14(2)27-28(20)22/h4-11H,3,12-13H2,1-2H3,(H,25,30). The van der Waals surface area contributed by atoms with Crippen LogP contribution in [0.15, 0.2) is 53.0 Å². The molecule has 0 saturated carbocycles. The summed E-state index contributed by atoms with van der Waals surface area (Å²) in [4.78, 5) is 29.6. The summed E-state index contributed by atoms with van der Waals surface area (Å²) in [5.41, 5.74) is 1.62. The van der Waals surface area contributed by atoms with Crippen molar-refractivity contribution in [3.05, 3.63) is 70.1 Å². The van der Waals surface area contributed by atoms with Crippen LogP contribution in [0.25, 0.3) is 16.4 Å². The van der Waals surface area contributed by atoms with Gasteiger partial charge in [-0.05, 0) is 25.5 Å². The summed E-state index contributed by atoms with van der Waals surface area (Å²) in [6.07, 6.45) is 0. The van der Waals surface area contributed by atoms with E-state index in [1.165, 1.54) is 4.52 Å². The molecule has 8 nitrogen and oxygen atoms in total. The Hall–Kier alpha value is -3.46. The van der Waals surface area contributed by atoms with Gasteiger partial charge in [0.1, 0.15) is 19.0 Å². The summed E-state index contributed by atoms with van der Waals surface area (Å²) in [5, 5.41) is 8.52. The van der Waals surface area contributed by atoms with Gasteiger partial charge in [0.25, 0.3) is 5.91 Å². The van der Waals surface area contributed by atoms with Gasteiger partial charge in [-0.2, -0.15) is 5.10 Å². The number of amides is 1. The van der Waals surface area contributed by atoms with Gasteiger partial charge >= 0.3 is 5.97 Å². The van der Waals surface area contributed by atoms with Crippen molar-refractivity contribution in [1.29, 1.82) is 0 Å². The maximum absolute atomic E-state index is 13.2. The zero-order valence-corrected chi connectivity index (χ0v) is 19.2. The predicted octanol–water partition coefficient (Wildman–Crippen LogP) is 3.83. The van der Waals surface area contributed by atoms with Gasteiger partial charge in [-0.25, -0.2) is 9.50 Å². The van der Waals surface area contributed by atoms with Crippen molar-refractivity contribution >= 4 is 44.2 Å². The van der Waals surface area contributed by atoms with Crippen LogP contribution >= 0.6 is 15.9 Å². The third kappa shape index (κ3) is 4.29. The first-order valence-corrected chi connectivity index (χ1v) is 10.9. The Kier molecular flexibility index (Phi) is 6.36. The van der Waals surface area contributed by atoms with Crippen molar-refractivity contribution in [2.75, 3.05) is 13.2 Å². The highest BCUT2D eigenvalue weighted by Crippen LogP contribution is 2.37. The number of carbonyl (C=O) groups is 2. The van der Waals surface area contributed by atoms with E-state index in [1.54, 1.807) is 13.8 Å². The molecule has 0 aliphatic heterocycles. The van der Waals surface area contributed by atoms with Crippen LogP contribution in [0.2, 0.25) is 0 Å². The molecular formula is C23H21BrN4O4. The third-order valence-corrected chi connectivity index (χ3v) is 5.42. The van der Waals surface area contributed by atoms with E-state index in [0.717, 1.165) is 15.4 Å². The lowest BCUT2D eigenvalue weighted by Gasteiger charge is -2.16. The largest absolute Gasteiger partial charge is 0.486 e. The van der Waals surface area contributed by atoms with Gasteiger partial charge in [0.15, 0.2) is 17.1 Å². The summed E-state index contributed by atoms with van der Waals surface area (Å²) < 4.78 is 13.4. The van der Waals surface area contributed by atoms with E-state index in [-0.39, 0.29) is 25.5 Å². The molecule has 0 fully saturated rings. The summed E-state index contributed by atoms with van der Waals surface area (Å²) in [5.74, 6) is -0.189. The van der Waals surface area contributed by atoms with Crippen molar-refractivity contribution in [3.63, 3.8) is 0 Å². The Morgan fingerprint density at radius 2 is 1.91 bits per heavy atom. The number of rotatable bonds is 7. The fraction of sp³-hybridized carbons (Fsp3) is 0.217. The molecule has 4 rings (SSSR count). The second-order valence-corrected chi connectivity index (χ2v) is 7.85. The Labute approximate surface area is 192 Å². The minimum absolute atomic E-state index is 0.159. The zero-order valence-electron chi connectivity index (χ0n) is 17.6. The molecule has 0 unspecified atom stereocenters. The Balaban J connectivity index is 1.86. The molecule has 0 spiro atoms. The molecule has 0 aliphatic carbocycles. The number of aryl methyl sites for hydroxylation is 1. The molecule has 2 aromatic heterocycles. The molecule has 164 valence electrons. The van der Waals surface area contributed by atoms with E-state index in [0.29, 0.717) is 22.6 Å². The molecule has 0 saturated heterocycles. The summed E-state index contributed by atoms with van der Waals surface area (Å²) >= 11 is 3.59.